The first kappa shape index (κ1) is 38.4. The first-order valence-electron chi connectivity index (χ1n) is 19.1. The molecule has 0 amide bonds. The number of furan rings is 1. The minimum absolute atomic E-state index is 0.000967. The lowest BCUT2D eigenvalue weighted by molar-refractivity contribution is 0.103. The first-order valence-corrected chi connectivity index (χ1v) is 19.1. The molecule has 2 aliphatic rings. The molecule has 0 unspecified atom stereocenters. The number of benzene rings is 1. The number of hydrogen-bond donors (Lipinski definition) is 8. The number of phenolic OH excluding ortho intramolecular Hbond substituents is 1. The van der Waals surface area contributed by atoms with Gasteiger partial charge in [-0.25, -0.2) is 0 Å². The van der Waals surface area contributed by atoms with Crippen LogP contribution in [0.5, 0.6) is 11.5 Å². The topological polar surface area (TPSA) is 169 Å². The van der Waals surface area contributed by atoms with E-state index in [1.807, 2.05) is 32.2 Å². The maximum atomic E-state index is 11.3. The van der Waals surface area contributed by atoms with Crippen LogP contribution in [0.1, 0.15) is 116 Å². The number of nitrogens with one attached hydrogen (secondary N) is 3. The lowest BCUT2D eigenvalue weighted by Crippen LogP contribution is -2.47. The summed E-state index contributed by atoms with van der Waals surface area (Å²) < 4.78 is 12.2. The minimum Gasteiger partial charge on any atom is -0.504 e. The molecule has 278 valence electrons. The standard InChI is InChI=1S/C40H62N4O6/c1-26(46)22-43-35(23-42-2)40-31-10-8-9-28(31)14-16-33-32(40)21-34(44-33)37(48)25-49-39-19-27(13-17-36(39)47)12-15-30-20-29(24-45)38(50-30)11-6-4-3-5-7-18-41/h13,17,19-21,26,28,31,35,37,40,42-48H,3-12,14-16,18,22-25,41H2,1-2H3/t26-,28+,31-,35-,37-,40-/m0/s1. The van der Waals surface area contributed by atoms with E-state index in [0.717, 1.165) is 92.8 Å². The Bertz CT molecular complexity index is 1450. The summed E-state index contributed by atoms with van der Waals surface area (Å²) in [5.41, 5.74) is 10.6. The Morgan fingerprint density at radius 1 is 1.00 bits per heavy atom. The number of phenols is 1. The van der Waals surface area contributed by atoms with Crippen molar-refractivity contribution in [2.75, 3.05) is 33.3 Å². The maximum Gasteiger partial charge on any atom is 0.161 e. The molecule has 1 aromatic carbocycles. The van der Waals surface area contributed by atoms with Crippen LogP contribution in [0.3, 0.4) is 0 Å². The van der Waals surface area contributed by atoms with E-state index < -0.39 is 12.2 Å². The van der Waals surface area contributed by atoms with Crippen LogP contribution in [0.15, 0.2) is 34.7 Å². The Hall–Kier alpha value is -2.86. The van der Waals surface area contributed by atoms with Gasteiger partial charge in [-0.05, 0) is 106 Å². The summed E-state index contributed by atoms with van der Waals surface area (Å²) in [5.74, 6) is 3.60. The molecule has 9 N–H and O–H groups in total. The predicted octanol–water partition coefficient (Wildman–Crippen LogP) is 5.16. The Morgan fingerprint density at radius 2 is 1.82 bits per heavy atom. The van der Waals surface area contributed by atoms with E-state index in [9.17, 15) is 20.4 Å². The summed E-state index contributed by atoms with van der Waals surface area (Å²) in [7, 11) is 1.98. The number of ether oxygens (including phenoxy) is 1. The molecule has 10 heteroatoms. The smallest absolute Gasteiger partial charge is 0.161 e. The fourth-order valence-corrected chi connectivity index (χ4v) is 8.37. The number of H-pyrrole nitrogens is 1. The quantitative estimate of drug-likeness (QED) is 0.0703. The average Bonchev–Trinajstić information content (AvgIpc) is 3.84. The number of aryl methyl sites for hydroxylation is 4. The fraction of sp³-hybridized carbons (Fsp3) is 0.650. The summed E-state index contributed by atoms with van der Waals surface area (Å²) in [4.78, 5) is 3.57. The lowest BCUT2D eigenvalue weighted by Gasteiger charge is -2.35. The van der Waals surface area contributed by atoms with Gasteiger partial charge in [-0.1, -0.05) is 38.2 Å². The van der Waals surface area contributed by atoms with Crippen LogP contribution in [0.4, 0.5) is 0 Å². The number of fused-ring (bicyclic) bond motifs is 2. The van der Waals surface area contributed by atoms with E-state index in [4.69, 9.17) is 14.9 Å². The predicted molar refractivity (Wildman–Crippen MR) is 197 cm³/mol. The molecule has 0 bridgehead atoms. The number of likely N-dealkylation sites (N-methyl/N-ethyl adjacent to an activating group) is 1. The highest BCUT2D eigenvalue weighted by Crippen LogP contribution is 2.49. The maximum absolute atomic E-state index is 11.3. The van der Waals surface area contributed by atoms with Crippen molar-refractivity contribution < 1.29 is 29.6 Å². The number of aromatic nitrogens is 1. The van der Waals surface area contributed by atoms with Gasteiger partial charge in [0.2, 0.25) is 0 Å². The highest BCUT2D eigenvalue weighted by atomic mass is 16.5. The highest BCUT2D eigenvalue weighted by Gasteiger charge is 2.42. The number of rotatable bonds is 21. The molecule has 50 heavy (non-hydrogen) atoms. The molecule has 10 nitrogen and oxygen atoms in total. The summed E-state index contributed by atoms with van der Waals surface area (Å²) in [6, 6.07) is 9.60. The molecular formula is C40H62N4O6. The monoisotopic (exact) mass is 694 g/mol. The zero-order valence-electron chi connectivity index (χ0n) is 30.3. The number of unbranched alkanes of at least 4 members (excludes halogenated alkanes) is 4. The SMILES string of the molecule is CNC[C@H](NC[C@H](C)O)[C@@H]1c2cc([C@@H](O)COc3cc(CCc4cc(CO)c(CCCCCCCN)o4)ccc3O)[nH]c2CC[C@H]2CCC[C@@H]21. The molecule has 0 aliphatic heterocycles. The molecule has 0 saturated heterocycles. The van der Waals surface area contributed by atoms with E-state index in [1.54, 1.807) is 6.07 Å². The van der Waals surface area contributed by atoms with E-state index >= 15 is 0 Å². The van der Waals surface area contributed by atoms with Crippen molar-refractivity contribution in [2.45, 2.75) is 121 Å². The largest absolute Gasteiger partial charge is 0.504 e. The Labute approximate surface area is 298 Å². The van der Waals surface area contributed by atoms with Gasteiger partial charge < -0.3 is 50.9 Å². The van der Waals surface area contributed by atoms with E-state index in [-0.39, 0.29) is 30.9 Å². The van der Waals surface area contributed by atoms with Crippen molar-refractivity contribution in [1.29, 1.82) is 0 Å². The van der Waals surface area contributed by atoms with Crippen LogP contribution in [0.2, 0.25) is 0 Å². The van der Waals surface area contributed by atoms with Crippen molar-refractivity contribution in [2.24, 2.45) is 17.6 Å². The van der Waals surface area contributed by atoms with Gasteiger partial charge in [0.25, 0.3) is 0 Å². The number of nitrogens with two attached hydrogens (primary N) is 1. The van der Waals surface area contributed by atoms with Gasteiger partial charge in [0.15, 0.2) is 11.5 Å². The van der Waals surface area contributed by atoms with E-state index in [2.05, 4.69) is 21.7 Å². The van der Waals surface area contributed by atoms with Gasteiger partial charge in [0.05, 0.1) is 12.7 Å². The number of hydrogen-bond acceptors (Lipinski definition) is 9. The molecule has 2 aromatic heterocycles. The van der Waals surface area contributed by atoms with Crippen molar-refractivity contribution in [3.8, 4) is 11.5 Å². The van der Waals surface area contributed by atoms with Gasteiger partial charge in [-0.2, -0.15) is 0 Å². The van der Waals surface area contributed by atoms with Crippen LogP contribution in [0.25, 0.3) is 0 Å². The third-order valence-electron chi connectivity index (χ3n) is 11.0. The number of aliphatic hydroxyl groups excluding tert-OH is 3. The fourth-order valence-electron chi connectivity index (χ4n) is 8.37. The Morgan fingerprint density at radius 3 is 2.60 bits per heavy atom. The van der Waals surface area contributed by atoms with Crippen molar-refractivity contribution in [3.63, 3.8) is 0 Å². The van der Waals surface area contributed by atoms with Crippen LogP contribution in [0, 0.1) is 11.8 Å². The third kappa shape index (κ3) is 10.1. The summed E-state index contributed by atoms with van der Waals surface area (Å²) in [5, 5.41) is 48.9. The second-order valence-corrected chi connectivity index (χ2v) is 14.8. The van der Waals surface area contributed by atoms with Crippen molar-refractivity contribution in [3.05, 3.63) is 69.9 Å². The van der Waals surface area contributed by atoms with Gasteiger partial charge >= 0.3 is 0 Å². The molecule has 5 rings (SSSR count). The van der Waals surface area contributed by atoms with Crippen LogP contribution in [-0.2, 0) is 32.3 Å². The number of aliphatic hydroxyl groups is 3. The van der Waals surface area contributed by atoms with Crippen LogP contribution in [-0.4, -0.2) is 70.8 Å². The Balaban J connectivity index is 1.21. The number of aromatic hydroxyl groups is 1. The van der Waals surface area contributed by atoms with Crippen molar-refractivity contribution >= 4 is 0 Å². The van der Waals surface area contributed by atoms with Crippen molar-refractivity contribution in [1.82, 2.24) is 15.6 Å². The second-order valence-electron chi connectivity index (χ2n) is 14.8. The van der Waals surface area contributed by atoms with Gasteiger partial charge in [0, 0.05) is 54.8 Å². The summed E-state index contributed by atoms with van der Waals surface area (Å²) in [6.07, 6.45) is 12.2. The zero-order valence-corrected chi connectivity index (χ0v) is 30.3. The molecule has 1 saturated carbocycles. The molecule has 2 heterocycles. The molecule has 2 aliphatic carbocycles. The van der Waals surface area contributed by atoms with Gasteiger partial charge in [0.1, 0.15) is 24.2 Å². The average molecular weight is 695 g/mol. The molecule has 0 radical (unpaired) electrons. The van der Waals surface area contributed by atoms with E-state index in [1.165, 1.54) is 30.5 Å². The molecule has 1 fully saturated rings. The van der Waals surface area contributed by atoms with Gasteiger partial charge in [-0.15, -0.1) is 0 Å². The third-order valence-corrected chi connectivity index (χ3v) is 11.0. The minimum atomic E-state index is -0.891. The molecule has 6 atom stereocenters. The summed E-state index contributed by atoms with van der Waals surface area (Å²) in [6.45, 7) is 3.85. The highest BCUT2D eigenvalue weighted by molar-refractivity contribution is 5.42. The lowest BCUT2D eigenvalue weighted by atomic mass is 9.76. The first-order chi connectivity index (χ1) is 24.3. The van der Waals surface area contributed by atoms with Crippen LogP contribution >= 0.6 is 0 Å². The summed E-state index contributed by atoms with van der Waals surface area (Å²) >= 11 is 0. The van der Waals surface area contributed by atoms with Crippen LogP contribution < -0.4 is 21.1 Å². The molecule has 3 aromatic rings. The van der Waals surface area contributed by atoms with Gasteiger partial charge in [-0.3, -0.25) is 0 Å². The Kier molecular flexibility index (Phi) is 14.7. The molecular weight excluding hydrogens is 632 g/mol. The zero-order chi connectivity index (χ0) is 35.5. The number of aromatic amines is 1. The molecule has 0 spiro atoms. The normalized spacial score (nSPS) is 20.6. The second kappa shape index (κ2) is 19.1. The van der Waals surface area contributed by atoms with E-state index in [0.29, 0.717) is 37.0 Å².